The van der Waals surface area contributed by atoms with Gasteiger partial charge in [-0.25, -0.2) is 4.79 Å². The van der Waals surface area contributed by atoms with Crippen molar-refractivity contribution in [3.63, 3.8) is 0 Å². The molecule has 0 radical (unpaired) electrons. The molecule has 1 aromatic heterocycles. The highest BCUT2D eigenvalue weighted by atomic mass is 16.5. The molecule has 0 spiro atoms. The van der Waals surface area contributed by atoms with Gasteiger partial charge in [0.2, 0.25) is 0 Å². The summed E-state index contributed by atoms with van der Waals surface area (Å²) in [6.07, 6.45) is 1.47. The summed E-state index contributed by atoms with van der Waals surface area (Å²) in [4.78, 5) is 37.0. The molecule has 0 saturated carbocycles. The minimum absolute atomic E-state index is 0.263. The molecule has 2 aliphatic rings. The number of aryl methyl sites for hydroxylation is 2. The van der Waals surface area contributed by atoms with Gasteiger partial charge in [-0.2, -0.15) is 0 Å². The average molecular weight is 520 g/mol. The van der Waals surface area contributed by atoms with Crippen LogP contribution < -0.4 is 4.90 Å². The Morgan fingerprint density at radius 2 is 1.44 bits per heavy atom. The molecule has 3 aromatic carbocycles. The lowest BCUT2D eigenvalue weighted by Gasteiger charge is -2.33. The number of esters is 1. The lowest BCUT2D eigenvalue weighted by molar-refractivity contribution is -0.125. The van der Waals surface area contributed by atoms with E-state index < -0.39 is 12.1 Å². The van der Waals surface area contributed by atoms with E-state index in [0.717, 1.165) is 70.5 Å². The van der Waals surface area contributed by atoms with Crippen LogP contribution in [0.25, 0.3) is 10.9 Å². The number of aromatic nitrogens is 1. The van der Waals surface area contributed by atoms with E-state index in [-0.39, 0.29) is 5.91 Å². The zero-order valence-electron chi connectivity index (χ0n) is 22.7. The van der Waals surface area contributed by atoms with E-state index in [4.69, 9.17) is 9.72 Å². The first kappa shape index (κ1) is 25.3. The van der Waals surface area contributed by atoms with Gasteiger partial charge < -0.3 is 4.74 Å². The zero-order valence-corrected chi connectivity index (χ0v) is 22.7. The van der Waals surface area contributed by atoms with Gasteiger partial charge in [0.05, 0.1) is 22.5 Å². The molecular formula is C33H33N3O3. The Hall–Kier alpha value is -4.03. The molecule has 1 unspecified atom stereocenters. The number of hydrogen-bond donors (Lipinski definition) is 0. The summed E-state index contributed by atoms with van der Waals surface area (Å²) in [5.74, 6) is -0.742. The van der Waals surface area contributed by atoms with Gasteiger partial charge in [0, 0.05) is 42.2 Å². The first-order valence-corrected chi connectivity index (χ1v) is 13.8. The molecule has 4 aromatic rings. The Morgan fingerprint density at radius 3 is 2.10 bits per heavy atom. The minimum atomic E-state index is -0.982. The Bertz CT molecular complexity index is 1530. The van der Waals surface area contributed by atoms with Crippen molar-refractivity contribution in [1.29, 1.82) is 0 Å². The van der Waals surface area contributed by atoms with Crippen molar-refractivity contribution in [1.82, 2.24) is 9.88 Å². The van der Waals surface area contributed by atoms with E-state index in [1.807, 2.05) is 60.7 Å². The molecule has 6 rings (SSSR count). The van der Waals surface area contributed by atoms with Gasteiger partial charge >= 0.3 is 5.97 Å². The van der Waals surface area contributed by atoms with Crippen molar-refractivity contribution in [3.05, 3.63) is 101 Å². The van der Waals surface area contributed by atoms with E-state index in [0.29, 0.717) is 18.2 Å². The van der Waals surface area contributed by atoms with E-state index in [2.05, 4.69) is 30.9 Å². The Morgan fingerprint density at radius 1 is 0.821 bits per heavy atom. The Balaban J connectivity index is 1.37. The summed E-state index contributed by atoms with van der Waals surface area (Å²) in [5, 5.41) is 0.761. The summed E-state index contributed by atoms with van der Waals surface area (Å²) in [6.45, 7) is 7.52. The van der Waals surface area contributed by atoms with Crippen LogP contribution in [0.3, 0.4) is 0 Å². The lowest BCUT2D eigenvalue weighted by Crippen LogP contribution is -2.39. The molecule has 0 fully saturated rings. The number of anilines is 2. The second kappa shape index (κ2) is 10.3. The van der Waals surface area contributed by atoms with Gasteiger partial charge in [0.25, 0.3) is 5.91 Å². The van der Waals surface area contributed by atoms with Gasteiger partial charge in [0.1, 0.15) is 0 Å². The van der Waals surface area contributed by atoms with Gasteiger partial charge in [-0.05, 0) is 62.9 Å². The fourth-order valence-corrected chi connectivity index (χ4v) is 5.85. The van der Waals surface area contributed by atoms with Crippen LogP contribution in [0.2, 0.25) is 0 Å². The molecule has 0 saturated heterocycles. The second-order valence-corrected chi connectivity index (χ2v) is 10.7. The molecule has 0 aliphatic carbocycles. The Labute approximate surface area is 229 Å². The van der Waals surface area contributed by atoms with E-state index in [1.165, 1.54) is 0 Å². The number of amides is 1. The second-order valence-electron chi connectivity index (χ2n) is 10.7. The predicted octanol–water partition coefficient (Wildman–Crippen LogP) is 6.01. The van der Waals surface area contributed by atoms with Crippen molar-refractivity contribution in [2.75, 3.05) is 11.4 Å². The lowest BCUT2D eigenvalue weighted by atomic mass is 9.95. The maximum absolute atomic E-state index is 14.1. The first-order chi connectivity index (χ1) is 18.9. The van der Waals surface area contributed by atoms with Crippen molar-refractivity contribution in [2.45, 2.75) is 58.7 Å². The van der Waals surface area contributed by atoms with E-state index in [1.54, 1.807) is 11.8 Å². The van der Waals surface area contributed by atoms with Crippen LogP contribution in [0.4, 0.5) is 11.4 Å². The normalized spacial score (nSPS) is 15.7. The number of benzene rings is 3. The standard InChI is InChI=1S/C33H33N3O3/c1-21(2)35-19-18-28-26(20-35)31(25-12-6-7-13-27(25)34-28)33(38)39-22(3)32(37)36-29-14-8-4-10-23(29)16-17-24-11-5-9-15-30(24)36/h4-15,21-22H,16-20H2,1-3H3. The summed E-state index contributed by atoms with van der Waals surface area (Å²) in [5.41, 5.74) is 7.03. The number of rotatable bonds is 4. The van der Waals surface area contributed by atoms with E-state index >= 15 is 0 Å². The van der Waals surface area contributed by atoms with Crippen molar-refractivity contribution >= 4 is 34.2 Å². The predicted molar refractivity (Wildman–Crippen MR) is 153 cm³/mol. The first-order valence-electron chi connectivity index (χ1n) is 13.8. The SMILES string of the molecule is CC(OC(=O)c1c2c(nc3ccccc13)CCN(C(C)C)C2)C(=O)N1c2ccccc2CCc2ccccc21. The number of carbonyl (C=O) groups excluding carboxylic acids is 2. The number of ether oxygens (including phenoxy) is 1. The molecule has 1 amide bonds. The number of hydrogen-bond acceptors (Lipinski definition) is 5. The van der Waals surface area contributed by atoms with Crippen LogP contribution in [0.15, 0.2) is 72.8 Å². The number of pyridine rings is 1. The number of para-hydroxylation sites is 3. The summed E-state index contributed by atoms with van der Waals surface area (Å²) >= 11 is 0. The molecule has 2 aliphatic heterocycles. The fraction of sp³-hybridized carbons (Fsp3) is 0.303. The average Bonchev–Trinajstić information content (AvgIpc) is 3.12. The quantitative estimate of drug-likeness (QED) is 0.309. The monoisotopic (exact) mass is 519 g/mol. The number of carbonyl (C=O) groups is 2. The van der Waals surface area contributed by atoms with Gasteiger partial charge in [-0.3, -0.25) is 19.6 Å². The number of fused-ring (bicyclic) bond motifs is 4. The van der Waals surface area contributed by atoms with Crippen LogP contribution in [0.5, 0.6) is 0 Å². The Kier molecular flexibility index (Phi) is 6.65. The van der Waals surface area contributed by atoms with Crippen molar-refractivity contribution in [3.8, 4) is 0 Å². The summed E-state index contributed by atoms with van der Waals surface area (Å²) in [7, 11) is 0. The summed E-state index contributed by atoms with van der Waals surface area (Å²) < 4.78 is 6.02. The molecular weight excluding hydrogens is 486 g/mol. The molecule has 198 valence electrons. The third kappa shape index (κ3) is 4.59. The molecule has 6 nitrogen and oxygen atoms in total. The molecule has 0 N–H and O–H groups in total. The molecule has 0 bridgehead atoms. The summed E-state index contributed by atoms with van der Waals surface area (Å²) in [6, 6.07) is 24.0. The topological polar surface area (TPSA) is 62.7 Å². The molecule has 3 heterocycles. The number of nitrogens with zero attached hydrogens (tertiary/aromatic N) is 3. The van der Waals surface area contributed by atoms with Crippen LogP contribution in [0.1, 0.15) is 53.5 Å². The van der Waals surface area contributed by atoms with Crippen molar-refractivity contribution < 1.29 is 14.3 Å². The largest absolute Gasteiger partial charge is 0.449 e. The molecule has 1 atom stereocenters. The zero-order chi connectivity index (χ0) is 27.1. The highest BCUT2D eigenvalue weighted by molar-refractivity contribution is 6.08. The maximum Gasteiger partial charge on any atom is 0.339 e. The third-order valence-corrected chi connectivity index (χ3v) is 7.99. The third-order valence-electron chi connectivity index (χ3n) is 7.99. The van der Waals surface area contributed by atoms with Crippen LogP contribution in [-0.2, 0) is 35.3 Å². The van der Waals surface area contributed by atoms with Gasteiger partial charge in [-0.15, -0.1) is 0 Å². The fourth-order valence-electron chi connectivity index (χ4n) is 5.85. The smallest absolute Gasteiger partial charge is 0.339 e. The highest BCUT2D eigenvalue weighted by Crippen LogP contribution is 2.37. The molecule has 6 heteroatoms. The van der Waals surface area contributed by atoms with Crippen LogP contribution in [-0.4, -0.2) is 40.5 Å². The minimum Gasteiger partial charge on any atom is -0.449 e. The van der Waals surface area contributed by atoms with Crippen LogP contribution >= 0.6 is 0 Å². The molecule has 39 heavy (non-hydrogen) atoms. The van der Waals surface area contributed by atoms with Crippen LogP contribution in [0, 0.1) is 0 Å². The van der Waals surface area contributed by atoms with Gasteiger partial charge in [-0.1, -0.05) is 54.6 Å². The van der Waals surface area contributed by atoms with Crippen molar-refractivity contribution in [2.24, 2.45) is 0 Å². The maximum atomic E-state index is 14.1. The van der Waals surface area contributed by atoms with Gasteiger partial charge in [0.15, 0.2) is 6.10 Å². The van der Waals surface area contributed by atoms with E-state index in [9.17, 15) is 9.59 Å². The highest BCUT2D eigenvalue weighted by Gasteiger charge is 2.33.